The Kier molecular flexibility index (Phi) is 7.57. The summed E-state index contributed by atoms with van der Waals surface area (Å²) in [6, 6.07) is 12.4. The number of ether oxygens (including phenoxy) is 3. The highest BCUT2D eigenvalue weighted by atomic mass is 16.7. The van der Waals surface area contributed by atoms with Crippen LogP contribution in [0.15, 0.2) is 42.5 Å². The summed E-state index contributed by atoms with van der Waals surface area (Å²) >= 11 is 0. The number of fused-ring (bicyclic) bond motifs is 1. The van der Waals surface area contributed by atoms with Gasteiger partial charge in [0, 0.05) is 38.3 Å². The second kappa shape index (κ2) is 10.8. The molecule has 182 valence electrons. The van der Waals surface area contributed by atoms with E-state index in [9.17, 15) is 9.59 Å². The molecule has 1 unspecified atom stereocenters. The van der Waals surface area contributed by atoms with Crippen LogP contribution >= 0.6 is 0 Å². The van der Waals surface area contributed by atoms with Gasteiger partial charge in [-0.25, -0.2) is 0 Å². The lowest BCUT2D eigenvalue weighted by Gasteiger charge is -2.37. The lowest BCUT2D eigenvalue weighted by molar-refractivity contribution is -0.136. The van der Waals surface area contributed by atoms with E-state index in [4.69, 9.17) is 14.2 Å². The van der Waals surface area contributed by atoms with Gasteiger partial charge in [0.2, 0.25) is 12.7 Å². The highest BCUT2D eigenvalue weighted by molar-refractivity contribution is 5.97. The Balaban J connectivity index is 1.31. The molecule has 1 saturated heterocycles. The first-order valence-electron chi connectivity index (χ1n) is 11.9. The number of carbonyl (C=O) groups is 2. The van der Waals surface area contributed by atoms with Crippen LogP contribution in [0.25, 0.3) is 0 Å². The first-order chi connectivity index (χ1) is 16.4. The largest absolute Gasteiger partial charge is 0.494 e. The van der Waals surface area contributed by atoms with Crippen molar-refractivity contribution in [3.63, 3.8) is 0 Å². The fraction of sp³-hybridized carbons (Fsp3) is 0.462. The summed E-state index contributed by atoms with van der Waals surface area (Å²) in [6.07, 6.45) is 0. The summed E-state index contributed by atoms with van der Waals surface area (Å²) in [5.41, 5.74) is 1.67. The van der Waals surface area contributed by atoms with Gasteiger partial charge in [-0.1, -0.05) is 19.9 Å². The molecule has 0 bridgehead atoms. The first kappa shape index (κ1) is 23.9. The summed E-state index contributed by atoms with van der Waals surface area (Å²) in [4.78, 5) is 30.3. The van der Waals surface area contributed by atoms with Gasteiger partial charge in [0.1, 0.15) is 11.8 Å². The molecule has 8 nitrogen and oxygen atoms in total. The minimum atomic E-state index is -0.570. The Hall–Kier alpha value is -3.26. The SMILES string of the molecule is CCOc1ccc(C(=O)NC(C(=O)N2CCN(Cc3ccc4c(c3)OCO4)CC2)C(C)C)cc1. The second-order valence-corrected chi connectivity index (χ2v) is 8.94. The van der Waals surface area contributed by atoms with Crippen LogP contribution in [0.3, 0.4) is 0 Å². The molecule has 0 radical (unpaired) electrons. The van der Waals surface area contributed by atoms with E-state index in [2.05, 4.69) is 16.3 Å². The van der Waals surface area contributed by atoms with Gasteiger partial charge in [-0.3, -0.25) is 14.5 Å². The monoisotopic (exact) mass is 467 g/mol. The lowest BCUT2D eigenvalue weighted by atomic mass is 10.0. The zero-order valence-corrected chi connectivity index (χ0v) is 20.1. The fourth-order valence-electron chi connectivity index (χ4n) is 4.23. The summed E-state index contributed by atoms with van der Waals surface area (Å²) in [5.74, 6) is 1.98. The summed E-state index contributed by atoms with van der Waals surface area (Å²) in [5, 5.41) is 2.95. The van der Waals surface area contributed by atoms with E-state index in [1.807, 2.05) is 37.8 Å². The van der Waals surface area contributed by atoms with Crippen molar-refractivity contribution in [2.45, 2.75) is 33.4 Å². The molecule has 0 aromatic heterocycles. The van der Waals surface area contributed by atoms with Crippen molar-refractivity contribution >= 4 is 11.8 Å². The van der Waals surface area contributed by atoms with Gasteiger partial charge < -0.3 is 24.4 Å². The van der Waals surface area contributed by atoms with Crippen molar-refractivity contribution in [3.8, 4) is 17.2 Å². The van der Waals surface area contributed by atoms with Crippen molar-refractivity contribution in [2.24, 2.45) is 5.92 Å². The quantitative estimate of drug-likeness (QED) is 0.643. The molecule has 0 spiro atoms. The summed E-state index contributed by atoms with van der Waals surface area (Å²) in [7, 11) is 0. The number of benzene rings is 2. The third kappa shape index (κ3) is 5.62. The topological polar surface area (TPSA) is 80.3 Å². The molecule has 2 amide bonds. The smallest absolute Gasteiger partial charge is 0.251 e. The van der Waals surface area contributed by atoms with Crippen molar-refractivity contribution in [1.82, 2.24) is 15.1 Å². The Bertz CT molecular complexity index is 1000. The Morgan fingerprint density at radius 1 is 1.00 bits per heavy atom. The van der Waals surface area contributed by atoms with Crippen LogP contribution in [0.4, 0.5) is 0 Å². The molecule has 34 heavy (non-hydrogen) atoms. The molecule has 1 atom stereocenters. The average molecular weight is 468 g/mol. The highest BCUT2D eigenvalue weighted by Crippen LogP contribution is 2.32. The molecule has 1 fully saturated rings. The molecule has 4 rings (SSSR count). The van der Waals surface area contributed by atoms with Gasteiger partial charge in [-0.05, 0) is 54.8 Å². The van der Waals surface area contributed by atoms with Gasteiger partial charge >= 0.3 is 0 Å². The van der Waals surface area contributed by atoms with Crippen LogP contribution in [0.2, 0.25) is 0 Å². The third-order valence-electron chi connectivity index (χ3n) is 6.17. The molecule has 2 aromatic carbocycles. The van der Waals surface area contributed by atoms with Gasteiger partial charge in [-0.15, -0.1) is 0 Å². The van der Waals surface area contributed by atoms with E-state index in [1.54, 1.807) is 24.3 Å². The molecule has 2 aliphatic heterocycles. The number of amides is 2. The number of hydrogen-bond donors (Lipinski definition) is 1. The minimum absolute atomic E-state index is 0.0224. The number of hydrogen-bond acceptors (Lipinski definition) is 6. The molecular weight excluding hydrogens is 434 g/mol. The second-order valence-electron chi connectivity index (χ2n) is 8.94. The van der Waals surface area contributed by atoms with E-state index < -0.39 is 6.04 Å². The van der Waals surface area contributed by atoms with Crippen molar-refractivity contribution in [2.75, 3.05) is 39.6 Å². The lowest BCUT2D eigenvalue weighted by Crippen LogP contribution is -2.56. The number of rotatable bonds is 8. The van der Waals surface area contributed by atoms with E-state index in [-0.39, 0.29) is 24.5 Å². The zero-order valence-electron chi connectivity index (χ0n) is 20.1. The van der Waals surface area contributed by atoms with Crippen LogP contribution in [-0.2, 0) is 11.3 Å². The molecule has 8 heteroatoms. The van der Waals surface area contributed by atoms with E-state index in [1.165, 1.54) is 0 Å². The molecule has 0 aliphatic carbocycles. The first-order valence-corrected chi connectivity index (χ1v) is 11.9. The van der Waals surface area contributed by atoms with Crippen molar-refractivity contribution < 1.29 is 23.8 Å². The number of piperazine rings is 1. The van der Waals surface area contributed by atoms with Gasteiger partial charge in [0.05, 0.1) is 6.61 Å². The normalized spacial score (nSPS) is 16.4. The van der Waals surface area contributed by atoms with Crippen LogP contribution in [0.5, 0.6) is 17.2 Å². The Labute approximate surface area is 200 Å². The average Bonchev–Trinajstić information content (AvgIpc) is 3.31. The molecule has 2 aromatic rings. The van der Waals surface area contributed by atoms with E-state index in [0.29, 0.717) is 31.0 Å². The van der Waals surface area contributed by atoms with E-state index >= 15 is 0 Å². The maximum atomic E-state index is 13.3. The number of carbonyl (C=O) groups excluding carboxylic acids is 2. The van der Waals surface area contributed by atoms with Crippen LogP contribution in [-0.4, -0.2) is 67.2 Å². The minimum Gasteiger partial charge on any atom is -0.494 e. The highest BCUT2D eigenvalue weighted by Gasteiger charge is 2.31. The van der Waals surface area contributed by atoms with Crippen molar-refractivity contribution in [3.05, 3.63) is 53.6 Å². The van der Waals surface area contributed by atoms with E-state index in [0.717, 1.165) is 36.7 Å². The predicted octanol–water partition coefficient (Wildman–Crippen LogP) is 2.91. The molecule has 2 aliphatic rings. The molecule has 0 saturated carbocycles. The number of nitrogens with zero attached hydrogens (tertiary/aromatic N) is 2. The van der Waals surface area contributed by atoms with Gasteiger partial charge in [-0.2, -0.15) is 0 Å². The predicted molar refractivity (Wildman–Crippen MR) is 128 cm³/mol. The summed E-state index contributed by atoms with van der Waals surface area (Å²) in [6.45, 7) is 10.3. The molecule has 2 heterocycles. The zero-order chi connectivity index (χ0) is 24.1. The van der Waals surface area contributed by atoms with Gasteiger partial charge in [0.25, 0.3) is 5.91 Å². The third-order valence-corrected chi connectivity index (χ3v) is 6.17. The Morgan fingerprint density at radius 2 is 1.71 bits per heavy atom. The van der Waals surface area contributed by atoms with Crippen LogP contribution in [0, 0.1) is 5.92 Å². The van der Waals surface area contributed by atoms with Crippen LogP contribution < -0.4 is 19.5 Å². The maximum Gasteiger partial charge on any atom is 0.251 e. The van der Waals surface area contributed by atoms with Crippen molar-refractivity contribution in [1.29, 1.82) is 0 Å². The molecule has 1 N–H and O–H groups in total. The standard InChI is InChI=1S/C26H33N3O5/c1-4-32-21-8-6-20(7-9-21)25(30)27-24(18(2)3)26(31)29-13-11-28(12-14-29)16-19-5-10-22-23(15-19)34-17-33-22/h5-10,15,18,24H,4,11-14,16-17H2,1-3H3,(H,27,30). The maximum absolute atomic E-state index is 13.3. The fourth-order valence-corrected chi connectivity index (χ4v) is 4.23. The summed E-state index contributed by atoms with van der Waals surface area (Å²) < 4.78 is 16.3. The number of nitrogens with one attached hydrogen (secondary N) is 1. The molecular formula is C26H33N3O5. The van der Waals surface area contributed by atoms with Gasteiger partial charge in [0.15, 0.2) is 11.5 Å². The van der Waals surface area contributed by atoms with Crippen LogP contribution in [0.1, 0.15) is 36.7 Å². The Morgan fingerprint density at radius 3 is 2.38 bits per heavy atom.